The molecule has 1 aromatic heterocycles. The number of fused-ring (bicyclic) bond motifs is 4. The van der Waals surface area contributed by atoms with Crippen LogP contribution in [0.25, 0.3) is 10.1 Å². The summed E-state index contributed by atoms with van der Waals surface area (Å²) in [4.78, 5) is 15.4. The average Bonchev–Trinajstić information content (AvgIpc) is 2.92. The zero-order valence-electron chi connectivity index (χ0n) is 14.1. The first-order chi connectivity index (χ1) is 11.0. The number of hydrogen-bond acceptors (Lipinski definition) is 3. The van der Waals surface area contributed by atoms with Crippen molar-refractivity contribution in [3.63, 3.8) is 0 Å². The largest absolute Gasteiger partial charge is 0.347 e. The first-order valence-electron chi connectivity index (χ1n) is 8.50. The van der Waals surface area contributed by atoms with Gasteiger partial charge in [-0.25, -0.2) is 0 Å². The van der Waals surface area contributed by atoms with E-state index in [2.05, 4.69) is 42.4 Å². The zero-order valence-corrected chi connectivity index (χ0v) is 14.9. The first-order valence-corrected chi connectivity index (χ1v) is 9.38. The number of amides is 1. The third-order valence-electron chi connectivity index (χ3n) is 5.90. The average molecular weight is 328 g/mol. The summed E-state index contributed by atoms with van der Waals surface area (Å²) in [6, 6.07) is 6.33. The van der Waals surface area contributed by atoms with Gasteiger partial charge in [0.1, 0.15) is 0 Å². The molecule has 1 amide bonds. The Kier molecular flexibility index (Phi) is 3.50. The molecule has 3 nitrogen and oxygen atoms in total. The summed E-state index contributed by atoms with van der Waals surface area (Å²) in [6.45, 7) is 9.00. The number of aryl methyl sites for hydroxylation is 1. The van der Waals surface area contributed by atoms with E-state index in [0.717, 1.165) is 5.56 Å². The molecule has 0 aliphatic carbocycles. The summed E-state index contributed by atoms with van der Waals surface area (Å²) in [5, 5.41) is 6.72. The van der Waals surface area contributed by atoms with Crippen LogP contribution in [0.1, 0.15) is 42.6 Å². The van der Waals surface area contributed by atoms with Gasteiger partial charge in [0.2, 0.25) is 0 Å². The van der Waals surface area contributed by atoms with Crippen LogP contribution in [0.15, 0.2) is 23.6 Å². The van der Waals surface area contributed by atoms with Crippen LogP contribution in [0, 0.1) is 12.8 Å². The van der Waals surface area contributed by atoms with E-state index in [4.69, 9.17) is 0 Å². The van der Waals surface area contributed by atoms with Gasteiger partial charge in [-0.05, 0) is 87.1 Å². The summed E-state index contributed by atoms with van der Waals surface area (Å²) >= 11 is 1.74. The predicted octanol–water partition coefficient (Wildman–Crippen LogP) is 3.81. The maximum Gasteiger partial charge on any atom is 0.251 e. The number of rotatable bonds is 2. The van der Waals surface area contributed by atoms with E-state index >= 15 is 0 Å². The Hall–Kier alpha value is -1.39. The van der Waals surface area contributed by atoms with Crippen LogP contribution in [0.4, 0.5) is 0 Å². The summed E-state index contributed by atoms with van der Waals surface area (Å²) < 4.78 is 1.25. The monoisotopic (exact) mass is 328 g/mol. The fourth-order valence-electron chi connectivity index (χ4n) is 4.40. The minimum absolute atomic E-state index is 0.0548. The second-order valence-corrected chi connectivity index (χ2v) is 8.47. The Labute approximate surface area is 141 Å². The van der Waals surface area contributed by atoms with E-state index < -0.39 is 0 Å². The Morgan fingerprint density at radius 1 is 1.30 bits per heavy atom. The highest BCUT2D eigenvalue weighted by atomic mass is 32.1. The second-order valence-electron chi connectivity index (χ2n) is 7.56. The van der Waals surface area contributed by atoms with Crippen molar-refractivity contribution in [2.75, 3.05) is 13.1 Å². The Morgan fingerprint density at radius 2 is 2.04 bits per heavy atom. The van der Waals surface area contributed by atoms with E-state index in [9.17, 15) is 4.79 Å². The fourth-order valence-corrected chi connectivity index (χ4v) is 5.32. The summed E-state index contributed by atoms with van der Waals surface area (Å²) in [6.07, 6.45) is 2.41. The van der Waals surface area contributed by atoms with Crippen molar-refractivity contribution in [3.05, 3.63) is 34.7 Å². The van der Waals surface area contributed by atoms with Gasteiger partial charge in [-0.1, -0.05) is 0 Å². The van der Waals surface area contributed by atoms with Crippen molar-refractivity contribution >= 4 is 27.3 Å². The van der Waals surface area contributed by atoms with E-state index in [1.54, 1.807) is 11.3 Å². The normalized spacial score (nSPS) is 28.9. The first kappa shape index (κ1) is 15.2. The molecule has 3 saturated heterocycles. The standard InChI is InChI=1S/C19H24N2OS/c1-12-11-23-16-5-4-14(10-15(12)16)18(22)20-17-13-6-8-21(9-7-13)19(17,2)3/h4-5,10-11,13,17H,6-9H2,1-3H3,(H,20,22)/t17-/m0/s1. The number of carbonyl (C=O) groups excluding carboxylic acids is 1. The van der Waals surface area contributed by atoms with Crippen molar-refractivity contribution in [1.82, 2.24) is 10.2 Å². The van der Waals surface area contributed by atoms with Gasteiger partial charge >= 0.3 is 0 Å². The quantitative estimate of drug-likeness (QED) is 0.909. The molecule has 23 heavy (non-hydrogen) atoms. The number of thiophene rings is 1. The van der Waals surface area contributed by atoms with Crippen LogP contribution in [0.5, 0.6) is 0 Å². The van der Waals surface area contributed by atoms with E-state index in [0.29, 0.717) is 5.92 Å². The lowest BCUT2D eigenvalue weighted by atomic mass is 9.72. The van der Waals surface area contributed by atoms with Crippen LogP contribution in [-0.4, -0.2) is 35.5 Å². The van der Waals surface area contributed by atoms with E-state index in [1.165, 1.54) is 41.6 Å². The molecule has 2 bridgehead atoms. The molecule has 3 aliphatic rings. The third-order valence-corrected chi connectivity index (χ3v) is 6.98. The second kappa shape index (κ2) is 5.32. The van der Waals surface area contributed by atoms with E-state index in [-0.39, 0.29) is 17.5 Å². The predicted molar refractivity (Wildman–Crippen MR) is 96.2 cm³/mol. The summed E-state index contributed by atoms with van der Waals surface area (Å²) in [5.41, 5.74) is 2.09. The van der Waals surface area contributed by atoms with Gasteiger partial charge in [-0.15, -0.1) is 11.3 Å². The number of benzene rings is 1. The van der Waals surface area contributed by atoms with E-state index in [1.807, 2.05) is 12.1 Å². The smallest absolute Gasteiger partial charge is 0.251 e. The zero-order chi connectivity index (χ0) is 16.2. The van der Waals surface area contributed by atoms with Crippen LogP contribution < -0.4 is 5.32 Å². The SMILES string of the molecule is Cc1csc2ccc(C(=O)N[C@H]3C4CCN(CC4)C3(C)C)cc12. The molecule has 4 heterocycles. The van der Waals surface area contributed by atoms with Gasteiger partial charge in [-0.3, -0.25) is 9.69 Å². The highest BCUT2D eigenvalue weighted by molar-refractivity contribution is 7.17. The van der Waals surface area contributed by atoms with Crippen molar-refractivity contribution in [2.24, 2.45) is 5.92 Å². The van der Waals surface area contributed by atoms with Gasteiger partial charge in [0.15, 0.2) is 0 Å². The van der Waals surface area contributed by atoms with Crippen molar-refractivity contribution in [3.8, 4) is 0 Å². The highest BCUT2D eigenvalue weighted by Crippen LogP contribution is 2.39. The Morgan fingerprint density at radius 3 is 2.74 bits per heavy atom. The number of hydrogen-bond donors (Lipinski definition) is 1. The van der Waals surface area contributed by atoms with Gasteiger partial charge in [0, 0.05) is 21.8 Å². The summed E-state index contributed by atoms with van der Waals surface area (Å²) in [7, 11) is 0. The summed E-state index contributed by atoms with van der Waals surface area (Å²) in [5.74, 6) is 0.690. The molecule has 0 unspecified atom stereocenters. The molecule has 0 radical (unpaired) electrons. The topological polar surface area (TPSA) is 32.3 Å². The third kappa shape index (κ3) is 2.39. The van der Waals surface area contributed by atoms with Crippen LogP contribution in [-0.2, 0) is 0 Å². The fraction of sp³-hybridized carbons (Fsp3) is 0.526. The molecule has 2 aromatic rings. The number of nitrogens with one attached hydrogen (secondary N) is 1. The molecule has 3 aliphatic heterocycles. The van der Waals surface area contributed by atoms with Crippen LogP contribution in [0.2, 0.25) is 0 Å². The van der Waals surface area contributed by atoms with Crippen molar-refractivity contribution in [2.45, 2.75) is 45.2 Å². The molecule has 1 N–H and O–H groups in total. The maximum absolute atomic E-state index is 12.8. The molecule has 4 heteroatoms. The van der Waals surface area contributed by atoms with Gasteiger partial charge in [-0.2, -0.15) is 0 Å². The maximum atomic E-state index is 12.8. The number of carbonyl (C=O) groups is 1. The Balaban J connectivity index is 1.60. The van der Waals surface area contributed by atoms with Crippen LogP contribution in [0.3, 0.4) is 0 Å². The lowest BCUT2D eigenvalue weighted by Gasteiger charge is -2.56. The highest BCUT2D eigenvalue weighted by Gasteiger charge is 2.48. The molecule has 0 saturated carbocycles. The van der Waals surface area contributed by atoms with Crippen molar-refractivity contribution in [1.29, 1.82) is 0 Å². The molecule has 0 spiro atoms. The molecule has 1 atom stereocenters. The lowest BCUT2D eigenvalue weighted by Crippen LogP contribution is -2.69. The van der Waals surface area contributed by atoms with Gasteiger partial charge < -0.3 is 5.32 Å². The van der Waals surface area contributed by atoms with Gasteiger partial charge in [0.25, 0.3) is 5.91 Å². The van der Waals surface area contributed by atoms with Gasteiger partial charge in [0.05, 0.1) is 0 Å². The molecular weight excluding hydrogens is 304 g/mol. The molecule has 5 rings (SSSR count). The number of piperidine rings is 3. The Bertz CT molecular complexity index is 756. The molecular formula is C19H24N2OS. The molecule has 3 fully saturated rings. The van der Waals surface area contributed by atoms with Crippen LogP contribution >= 0.6 is 11.3 Å². The lowest BCUT2D eigenvalue weighted by molar-refractivity contribution is -0.0378. The minimum atomic E-state index is 0.0548. The molecule has 1 aromatic carbocycles. The minimum Gasteiger partial charge on any atom is -0.347 e. The number of nitrogens with zero attached hydrogens (tertiary/aromatic N) is 1. The van der Waals surface area contributed by atoms with Crippen molar-refractivity contribution < 1.29 is 4.79 Å². The molecule has 122 valence electrons.